The minimum absolute atomic E-state index is 0.365. The number of aliphatic carboxylic acids is 2. The highest BCUT2D eigenvalue weighted by Crippen LogP contribution is 2.10. The van der Waals surface area contributed by atoms with Gasteiger partial charge in [0.15, 0.2) is 0 Å². The van der Waals surface area contributed by atoms with Crippen molar-refractivity contribution in [2.24, 2.45) is 11.5 Å². The van der Waals surface area contributed by atoms with E-state index in [1.54, 1.807) is 11.8 Å². The van der Waals surface area contributed by atoms with E-state index in [0.717, 1.165) is 31.6 Å². The highest BCUT2D eigenvalue weighted by atomic mass is 32.2. The molecule has 7 N–H and O–H groups in total. The number of carbonyl (C=O) groups is 2. The van der Waals surface area contributed by atoms with Crippen molar-refractivity contribution in [2.75, 3.05) is 25.1 Å². The zero-order valence-electron chi connectivity index (χ0n) is 19.9. The van der Waals surface area contributed by atoms with Crippen LogP contribution in [0, 0.1) is 0 Å². The number of unbranched alkanes of at least 4 members (excludes halogenated alkanes) is 10. The van der Waals surface area contributed by atoms with Crippen molar-refractivity contribution in [1.29, 1.82) is 0 Å². The molecule has 0 amide bonds. The third kappa shape index (κ3) is 25.3. The average Bonchev–Trinajstić information content (AvgIpc) is 2.74. The molecule has 0 rings (SSSR count). The topological polar surface area (TPSA) is 139 Å². The van der Waals surface area contributed by atoms with Gasteiger partial charge in [-0.25, -0.2) is 0 Å². The van der Waals surface area contributed by atoms with Gasteiger partial charge in [0.1, 0.15) is 12.1 Å². The minimum Gasteiger partial charge on any atom is -0.480 e. The molecule has 0 aliphatic carbocycles. The van der Waals surface area contributed by atoms with Gasteiger partial charge in [-0.1, -0.05) is 71.1 Å². The Balaban J connectivity index is 0. The summed E-state index contributed by atoms with van der Waals surface area (Å²) in [6.45, 7) is 3.69. The van der Waals surface area contributed by atoms with Gasteiger partial charge in [-0.3, -0.25) is 9.59 Å². The first-order chi connectivity index (χ1) is 14.9. The van der Waals surface area contributed by atoms with Gasteiger partial charge in [-0.2, -0.15) is 11.8 Å². The Morgan fingerprint density at radius 3 is 1.84 bits per heavy atom. The minimum atomic E-state index is -0.933. The molecule has 0 saturated carbocycles. The first kappa shape index (κ1) is 32.4. The van der Waals surface area contributed by atoms with Gasteiger partial charge in [-0.15, -0.1) is 0 Å². The van der Waals surface area contributed by atoms with Gasteiger partial charge in [-0.05, 0) is 50.8 Å². The van der Waals surface area contributed by atoms with E-state index in [9.17, 15) is 9.59 Å². The van der Waals surface area contributed by atoms with Crippen molar-refractivity contribution in [3.05, 3.63) is 0 Å². The van der Waals surface area contributed by atoms with Crippen molar-refractivity contribution >= 4 is 23.7 Å². The maximum absolute atomic E-state index is 11.0. The van der Waals surface area contributed by atoms with E-state index in [0.29, 0.717) is 19.4 Å². The molecule has 0 radical (unpaired) electrons. The van der Waals surface area contributed by atoms with E-state index in [4.69, 9.17) is 21.7 Å². The summed E-state index contributed by atoms with van der Waals surface area (Å²) in [5, 5.41) is 20.6. The Bertz CT molecular complexity index is 414. The Kier molecular flexibility index (Phi) is 26.5. The fourth-order valence-electron chi connectivity index (χ4n) is 3.07. The lowest BCUT2D eigenvalue weighted by Gasteiger charge is -2.13. The molecule has 0 aromatic carbocycles. The van der Waals surface area contributed by atoms with Gasteiger partial charge in [0.05, 0.1) is 0 Å². The molecule has 0 aliphatic heterocycles. The van der Waals surface area contributed by atoms with Crippen LogP contribution in [0.25, 0.3) is 0 Å². The van der Waals surface area contributed by atoms with Crippen LogP contribution in [0.5, 0.6) is 0 Å². The third-order valence-corrected chi connectivity index (χ3v) is 5.76. The molecule has 31 heavy (non-hydrogen) atoms. The Morgan fingerprint density at radius 1 is 0.839 bits per heavy atom. The second-order valence-corrected chi connectivity index (χ2v) is 9.02. The number of carboxylic acid groups (broad SMARTS) is 2. The van der Waals surface area contributed by atoms with Crippen molar-refractivity contribution < 1.29 is 19.8 Å². The molecule has 186 valence electrons. The van der Waals surface area contributed by atoms with Crippen LogP contribution in [0.15, 0.2) is 0 Å². The summed E-state index contributed by atoms with van der Waals surface area (Å²) in [5.74, 6) is -0.740. The molecule has 2 atom stereocenters. The lowest BCUT2D eigenvalue weighted by atomic mass is 10.1. The molecule has 2 unspecified atom stereocenters. The van der Waals surface area contributed by atoms with E-state index in [1.165, 1.54) is 57.8 Å². The van der Waals surface area contributed by atoms with Crippen molar-refractivity contribution in [3.63, 3.8) is 0 Å². The molecule has 0 aliphatic rings. The smallest absolute Gasteiger partial charge is 0.320 e. The quantitative estimate of drug-likeness (QED) is 0.159. The highest BCUT2D eigenvalue weighted by Gasteiger charge is 2.15. The number of carboxylic acids is 2. The molecule has 8 heteroatoms. The van der Waals surface area contributed by atoms with Crippen LogP contribution in [0.3, 0.4) is 0 Å². The maximum atomic E-state index is 11.0. The maximum Gasteiger partial charge on any atom is 0.320 e. The van der Waals surface area contributed by atoms with Crippen LogP contribution in [-0.2, 0) is 9.59 Å². The van der Waals surface area contributed by atoms with Crippen LogP contribution in [-0.4, -0.2) is 59.3 Å². The molecule has 0 fully saturated rings. The SMILES string of the molecule is CCCCCCCCCCCCNC(CCSC)C(=O)O.NCCCCC(N)C(=O)O. The molecule has 0 aromatic rings. The van der Waals surface area contributed by atoms with Crippen LogP contribution in [0.4, 0.5) is 0 Å². The van der Waals surface area contributed by atoms with Gasteiger partial charge >= 0.3 is 11.9 Å². The van der Waals surface area contributed by atoms with Gasteiger partial charge in [0.25, 0.3) is 0 Å². The predicted octanol–water partition coefficient (Wildman–Crippen LogP) is 4.23. The number of nitrogens with one attached hydrogen (secondary N) is 1. The summed E-state index contributed by atoms with van der Waals surface area (Å²) in [7, 11) is 0. The number of hydrogen-bond donors (Lipinski definition) is 5. The molecule has 0 bridgehead atoms. The Hall–Kier alpha value is -0.830. The van der Waals surface area contributed by atoms with E-state index in [2.05, 4.69) is 12.2 Å². The van der Waals surface area contributed by atoms with Crippen molar-refractivity contribution in [2.45, 2.75) is 109 Å². The molecule has 0 heterocycles. The van der Waals surface area contributed by atoms with E-state index in [1.807, 2.05) is 6.26 Å². The van der Waals surface area contributed by atoms with Crippen molar-refractivity contribution in [1.82, 2.24) is 5.32 Å². The van der Waals surface area contributed by atoms with E-state index < -0.39 is 18.0 Å². The normalized spacial score (nSPS) is 12.6. The van der Waals surface area contributed by atoms with E-state index >= 15 is 0 Å². The largest absolute Gasteiger partial charge is 0.480 e. The first-order valence-corrected chi connectivity index (χ1v) is 13.4. The second kappa shape index (κ2) is 25.4. The molecular formula is C23H49N3O4S. The molecule has 7 nitrogen and oxygen atoms in total. The summed E-state index contributed by atoms with van der Waals surface area (Å²) in [6, 6.07) is -1.08. The number of hydrogen-bond acceptors (Lipinski definition) is 6. The second-order valence-electron chi connectivity index (χ2n) is 8.04. The fraction of sp³-hybridized carbons (Fsp3) is 0.913. The predicted molar refractivity (Wildman–Crippen MR) is 133 cm³/mol. The van der Waals surface area contributed by atoms with Crippen LogP contribution in [0.2, 0.25) is 0 Å². The van der Waals surface area contributed by atoms with Crippen molar-refractivity contribution in [3.8, 4) is 0 Å². The summed E-state index contributed by atoms with van der Waals surface area (Å²) in [6.07, 6.45) is 18.1. The third-order valence-electron chi connectivity index (χ3n) is 5.12. The summed E-state index contributed by atoms with van der Waals surface area (Å²) < 4.78 is 0. The molecule has 0 aromatic heterocycles. The van der Waals surface area contributed by atoms with Crippen LogP contribution < -0.4 is 16.8 Å². The zero-order valence-corrected chi connectivity index (χ0v) is 20.8. The number of thioether (sulfide) groups is 1. The number of rotatable bonds is 21. The monoisotopic (exact) mass is 463 g/mol. The summed E-state index contributed by atoms with van der Waals surface area (Å²) >= 11 is 1.70. The Morgan fingerprint density at radius 2 is 1.39 bits per heavy atom. The first-order valence-electron chi connectivity index (χ1n) is 12.0. The number of nitrogens with two attached hydrogens (primary N) is 2. The lowest BCUT2D eigenvalue weighted by Crippen LogP contribution is -2.37. The van der Waals surface area contributed by atoms with Crippen LogP contribution in [0.1, 0.15) is 96.8 Å². The Labute approximate surface area is 194 Å². The van der Waals surface area contributed by atoms with Gasteiger partial charge in [0.2, 0.25) is 0 Å². The average molecular weight is 464 g/mol. The highest BCUT2D eigenvalue weighted by molar-refractivity contribution is 7.98. The summed E-state index contributed by atoms with van der Waals surface area (Å²) in [5.41, 5.74) is 10.4. The molecule has 0 spiro atoms. The fourth-order valence-corrected chi connectivity index (χ4v) is 3.54. The van der Waals surface area contributed by atoms with Gasteiger partial charge in [0, 0.05) is 0 Å². The van der Waals surface area contributed by atoms with Gasteiger partial charge < -0.3 is 27.0 Å². The van der Waals surface area contributed by atoms with E-state index in [-0.39, 0.29) is 6.04 Å². The summed E-state index contributed by atoms with van der Waals surface area (Å²) in [4.78, 5) is 21.2. The standard InChI is InChI=1S/C17H35NO2S.C6H14N2O2/c1-3-4-5-6-7-8-9-10-11-12-14-18-16(17(19)20)13-15-21-2;7-4-2-1-3-5(8)6(9)10/h16,18H,3-15H2,1-2H3,(H,19,20);5H,1-4,7-8H2,(H,9,10). The van der Waals surface area contributed by atoms with Crippen LogP contribution >= 0.6 is 11.8 Å². The zero-order chi connectivity index (χ0) is 23.7. The molecular weight excluding hydrogens is 414 g/mol. The molecule has 0 saturated heterocycles. The lowest BCUT2D eigenvalue weighted by molar-refractivity contribution is -0.140.